The summed E-state index contributed by atoms with van der Waals surface area (Å²) in [6.45, 7) is 1.80. The van der Waals surface area contributed by atoms with Crippen molar-refractivity contribution < 1.29 is 13.9 Å². The van der Waals surface area contributed by atoms with E-state index in [9.17, 15) is 9.18 Å². The van der Waals surface area contributed by atoms with Crippen molar-refractivity contribution in [1.29, 1.82) is 0 Å². The van der Waals surface area contributed by atoms with Crippen molar-refractivity contribution in [2.75, 3.05) is 0 Å². The number of benzene rings is 2. The molecule has 1 N–H and O–H groups in total. The van der Waals surface area contributed by atoms with E-state index in [1.54, 1.807) is 37.3 Å². The third kappa shape index (κ3) is 4.37. The number of carbonyl (C=O) groups excluding carboxylic acids is 1. The van der Waals surface area contributed by atoms with Crippen LogP contribution in [0.2, 0.25) is 10.0 Å². The van der Waals surface area contributed by atoms with E-state index in [4.69, 9.17) is 27.9 Å². The average Bonchev–Trinajstić information content (AvgIpc) is 2.56. The fourth-order valence-corrected chi connectivity index (χ4v) is 3.59. The summed E-state index contributed by atoms with van der Waals surface area (Å²) in [6.07, 6.45) is 0.731. The molecule has 1 heterocycles. The monoisotopic (exact) mass is 458 g/mol. The summed E-state index contributed by atoms with van der Waals surface area (Å²) >= 11 is 15.4. The SMILES string of the molecule is CC1CC(Cc2ccc(Cl)c(Oc3cc(Cl)cc(Br)c3)c2F)=NNC1=O. The van der Waals surface area contributed by atoms with E-state index < -0.39 is 5.82 Å². The molecule has 0 spiro atoms. The maximum absolute atomic E-state index is 15.0. The van der Waals surface area contributed by atoms with Gasteiger partial charge in [-0.25, -0.2) is 9.82 Å². The first-order chi connectivity index (χ1) is 12.3. The minimum atomic E-state index is -0.569. The first-order valence-corrected chi connectivity index (χ1v) is 9.34. The van der Waals surface area contributed by atoms with Crippen LogP contribution in [0.25, 0.3) is 0 Å². The molecule has 1 amide bonds. The van der Waals surface area contributed by atoms with Crippen molar-refractivity contribution in [1.82, 2.24) is 5.43 Å². The topological polar surface area (TPSA) is 50.7 Å². The summed E-state index contributed by atoms with van der Waals surface area (Å²) < 4.78 is 21.3. The summed E-state index contributed by atoms with van der Waals surface area (Å²) in [5, 5.41) is 4.60. The second-order valence-corrected chi connectivity index (χ2v) is 7.75. The predicted octanol–water partition coefficient (Wildman–Crippen LogP) is 5.74. The number of amides is 1. The maximum Gasteiger partial charge on any atom is 0.243 e. The number of nitrogens with one attached hydrogen (secondary N) is 1. The number of nitrogens with zero attached hydrogens (tertiary/aromatic N) is 1. The van der Waals surface area contributed by atoms with E-state index in [0.29, 0.717) is 32.9 Å². The molecule has 1 atom stereocenters. The van der Waals surface area contributed by atoms with Crippen molar-refractivity contribution in [2.45, 2.75) is 19.8 Å². The quantitative estimate of drug-likeness (QED) is 0.633. The summed E-state index contributed by atoms with van der Waals surface area (Å²) in [5.74, 6) is -0.621. The lowest BCUT2D eigenvalue weighted by molar-refractivity contribution is -0.124. The number of hydrogen-bond acceptors (Lipinski definition) is 3. The van der Waals surface area contributed by atoms with Gasteiger partial charge in [-0.3, -0.25) is 4.79 Å². The lowest BCUT2D eigenvalue weighted by atomic mass is 9.97. The van der Waals surface area contributed by atoms with Crippen LogP contribution >= 0.6 is 39.1 Å². The molecule has 0 aromatic heterocycles. The van der Waals surface area contributed by atoms with Crippen molar-refractivity contribution in [3.05, 3.63) is 56.2 Å². The Morgan fingerprint density at radius 1 is 1.35 bits per heavy atom. The standard InChI is InChI=1S/C18H14BrCl2FN2O2/c1-9-4-13(23-24-18(9)25)5-10-2-3-15(21)17(16(10)22)26-14-7-11(19)6-12(20)8-14/h2-3,6-9H,4-5H2,1H3,(H,24,25). The summed E-state index contributed by atoms with van der Waals surface area (Å²) in [5.41, 5.74) is 3.52. The smallest absolute Gasteiger partial charge is 0.243 e. The predicted molar refractivity (Wildman–Crippen MR) is 104 cm³/mol. The van der Waals surface area contributed by atoms with Crippen molar-refractivity contribution in [3.63, 3.8) is 0 Å². The molecule has 1 aliphatic rings. The van der Waals surface area contributed by atoms with E-state index in [1.165, 1.54) is 0 Å². The van der Waals surface area contributed by atoms with Gasteiger partial charge in [0, 0.05) is 27.5 Å². The highest BCUT2D eigenvalue weighted by atomic mass is 79.9. The number of hydrogen-bond donors (Lipinski definition) is 1. The molecular weight excluding hydrogens is 446 g/mol. The van der Waals surface area contributed by atoms with Crippen LogP contribution in [0.5, 0.6) is 11.5 Å². The van der Waals surface area contributed by atoms with Gasteiger partial charge in [-0.05, 0) is 36.2 Å². The van der Waals surface area contributed by atoms with E-state index in [0.717, 1.165) is 0 Å². The van der Waals surface area contributed by atoms with Crippen LogP contribution in [0.1, 0.15) is 18.9 Å². The second-order valence-electron chi connectivity index (χ2n) is 5.99. The van der Waals surface area contributed by atoms with E-state index in [1.807, 2.05) is 0 Å². The molecule has 1 aliphatic heterocycles. The molecule has 4 nitrogen and oxygen atoms in total. The summed E-state index contributed by atoms with van der Waals surface area (Å²) in [6, 6.07) is 8.08. The van der Waals surface area contributed by atoms with Crippen LogP contribution in [0.4, 0.5) is 4.39 Å². The van der Waals surface area contributed by atoms with Crippen LogP contribution < -0.4 is 10.2 Å². The zero-order chi connectivity index (χ0) is 18.8. The van der Waals surface area contributed by atoms with Crippen LogP contribution in [-0.4, -0.2) is 11.6 Å². The number of ether oxygens (including phenoxy) is 1. The van der Waals surface area contributed by atoms with Gasteiger partial charge in [-0.15, -0.1) is 0 Å². The number of carbonyl (C=O) groups is 1. The van der Waals surface area contributed by atoms with Crippen molar-refractivity contribution in [3.8, 4) is 11.5 Å². The Labute approximate surface area is 168 Å². The Bertz CT molecular complexity index is 885. The first kappa shape index (κ1) is 19.1. The van der Waals surface area contributed by atoms with Gasteiger partial charge in [0.1, 0.15) is 5.75 Å². The molecule has 0 radical (unpaired) electrons. The van der Waals surface area contributed by atoms with E-state index in [-0.39, 0.29) is 29.0 Å². The molecule has 0 fully saturated rings. The largest absolute Gasteiger partial charge is 0.453 e. The Hall–Kier alpha value is -1.63. The van der Waals surface area contributed by atoms with Crippen LogP contribution in [-0.2, 0) is 11.2 Å². The zero-order valence-electron chi connectivity index (χ0n) is 13.7. The van der Waals surface area contributed by atoms with Crippen LogP contribution in [0.15, 0.2) is 39.9 Å². The Morgan fingerprint density at radius 3 is 2.81 bits per heavy atom. The minimum absolute atomic E-state index is 0.0770. The van der Waals surface area contributed by atoms with Gasteiger partial charge in [0.15, 0.2) is 11.6 Å². The molecule has 1 unspecified atom stereocenters. The van der Waals surface area contributed by atoms with E-state index in [2.05, 4.69) is 26.5 Å². The third-order valence-corrected chi connectivity index (χ3v) is 4.87. The fourth-order valence-electron chi connectivity index (χ4n) is 2.58. The molecule has 0 bridgehead atoms. The Morgan fingerprint density at radius 2 is 2.12 bits per heavy atom. The minimum Gasteiger partial charge on any atom is -0.453 e. The summed E-state index contributed by atoms with van der Waals surface area (Å²) in [4.78, 5) is 11.5. The van der Waals surface area contributed by atoms with Gasteiger partial charge in [-0.2, -0.15) is 5.10 Å². The van der Waals surface area contributed by atoms with Crippen molar-refractivity contribution >= 4 is 50.8 Å². The second kappa shape index (κ2) is 7.94. The normalized spacial score (nSPS) is 16.9. The first-order valence-electron chi connectivity index (χ1n) is 7.79. The van der Waals surface area contributed by atoms with Gasteiger partial charge in [0.2, 0.25) is 5.91 Å². The molecular formula is C18H14BrCl2FN2O2. The van der Waals surface area contributed by atoms with Gasteiger partial charge in [0.05, 0.1) is 5.02 Å². The highest BCUT2D eigenvalue weighted by molar-refractivity contribution is 9.10. The molecule has 2 aromatic carbocycles. The number of halogens is 4. The summed E-state index contributed by atoms with van der Waals surface area (Å²) in [7, 11) is 0. The molecule has 3 rings (SSSR count). The maximum atomic E-state index is 15.0. The van der Waals surface area contributed by atoms with E-state index >= 15 is 0 Å². The average molecular weight is 460 g/mol. The highest BCUT2D eigenvalue weighted by Crippen LogP contribution is 2.36. The molecule has 0 saturated carbocycles. The molecule has 0 saturated heterocycles. The molecule has 0 aliphatic carbocycles. The van der Waals surface area contributed by atoms with Gasteiger partial charge >= 0.3 is 0 Å². The lowest BCUT2D eigenvalue weighted by Crippen LogP contribution is -2.33. The van der Waals surface area contributed by atoms with Gasteiger partial charge < -0.3 is 4.74 Å². The molecule has 136 valence electrons. The Kier molecular flexibility index (Phi) is 5.85. The third-order valence-electron chi connectivity index (χ3n) is 3.89. The van der Waals surface area contributed by atoms with Crippen LogP contribution in [0, 0.1) is 11.7 Å². The van der Waals surface area contributed by atoms with Crippen LogP contribution in [0.3, 0.4) is 0 Å². The number of hydrazone groups is 1. The Balaban J connectivity index is 1.88. The highest BCUT2D eigenvalue weighted by Gasteiger charge is 2.23. The van der Waals surface area contributed by atoms with Gasteiger partial charge in [-0.1, -0.05) is 52.1 Å². The van der Waals surface area contributed by atoms with Gasteiger partial charge in [0.25, 0.3) is 0 Å². The molecule has 26 heavy (non-hydrogen) atoms. The lowest BCUT2D eigenvalue weighted by Gasteiger charge is -2.18. The van der Waals surface area contributed by atoms with Crippen molar-refractivity contribution in [2.24, 2.45) is 11.0 Å². The molecule has 8 heteroatoms. The number of rotatable bonds is 4. The zero-order valence-corrected chi connectivity index (χ0v) is 16.8. The fraction of sp³-hybridized carbons (Fsp3) is 0.222. The molecule has 2 aromatic rings.